The van der Waals surface area contributed by atoms with Gasteiger partial charge in [0, 0.05) is 5.92 Å². The summed E-state index contributed by atoms with van der Waals surface area (Å²) in [5.41, 5.74) is 3.13. The molecular weight excluding hydrogens is 576 g/mol. The lowest BCUT2D eigenvalue weighted by Crippen LogP contribution is -2.72. The molecule has 0 N–H and O–H groups in total. The van der Waals surface area contributed by atoms with Crippen molar-refractivity contribution in [1.29, 1.82) is 0 Å². The fourth-order valence-corrected chi connectivity index (χ4v) is 6.65. The largest absolute Gasteiger partial charge is 0.464 e. The molecule has 12 nitrogen and oxygen atoms in total. The molecule has 2 aromatic carbocycles. The van der Waals surface area contributed by atoms with Crippen molar-refractivity contribution in [3.05, 3.63) is 65.2 Å². The van der Waals surface area contributed by atoms with Gasteiger partial charge in [-0.25, -0.2) is 24.2 Å². The number of anilines is 1. The van der Waals surface area contributed by atoms with Crippen LogP contribution >= 0.6 is 11.9 Å². The van der Waals surface area contributed by atoms with Crippen molar-refractivity contribution in [3.63, 3.8) is 0 Å². The van der Waals surface area contributed by atoms with Crippen LogP contribution in [0.1, 0.15) is 50.3 Å². The third-order valence-electron chi connectivity index (χ3n) is 7.02. The molecule has 2 heterocycles. The monoisotopic (exact) mass is 614 g/mol. The summed E-state index contributed by atoms with van der Waals surface area (Å²) < 4.78 is 22.9. The zero-order valence-corrected chi connectivity index (χ0v) is 26.0. The third kappa shape index (κ3) is 6.31. The van der Waals surface area contributed by atoms with Crippen molar-refractivity contribution in [1.82, 2.24) is 14.4 Å². The molecule has 0 spiro atoms. The van der Waals surface area contributed by atoms with Crippen LogP contribution in [0.3, 0.4) is 0 Å². The van der Waals surface area contributed by atoms with Crippen LogP contribution in [0.25, 0.3) is 0 Å². The highest BCUT2D eigenvalue weighted by molar-refractivity contribution is 7.98. The number of hydrogen-bond donors (Lipinski definition) is 0. The SMILES string of the molecule is CCOC(=O)C1C(c2ccc(C)cc2)C2SN(C(=O)OCC)N(C(=O)OCC)C2N(c2ccc(C)cc2)N1C(=O)OCC. The molecule has 0 aromatic heterocycles. The minimum absolute atomic E-state index is 0.0290. The molecule has 2 saturated heterocycles. The number of carbonyl (C=O) groups is 4. The molecule has 4 rings (SSSR count). The van der Waals surface area contributed by atoms with Crippen LogP contribution in [0.4, 0.5) is 20.1 Å². The van der Waals surface area contributed by atoms with E-state index in [1.807, 2.05) is 50.2 Å². The second-order valence-electron chi connectivity index (χ2n) is 9.86. The van der Waals surface area contributed by atoms with E-state index in [0.717, 1.165) is 32.5 Å². The number of amides is 3. The van der Waals surface area contributed by atoms with Crippen molar-refractivity contribution in [3.8, 4) is 0 Å². The minimum Gasteiger partial charge on any atom is -0.464 e. The highest BCUT2D eigenvalue weighted by Gasteiger charge is 2.63. The van der Waals surface area contributed by atoms with Crippen molar-refractivity contribution in [2.45, 2.75) is 64.9 Å². The van der Waals surface area contributed by atoms with Gasteiger partial charge in [0.25, 0.3) is 0 Å². The molecule has 2 fully saturated rings. The number of hydrazine groups is 2. The van der Waals surface area contributed by atoms with E-state index in [0.29, 0.717) is 11.3 Å². The summed E-state index contributed by atoms with van der Waals surface area (Å²) in [4.78, 5) is 54.8. The van der Waals surface area contributed by atoms with Crippen molar-refractivity contribution in [2.24, 2.45) is 0 Å². The molecule has 2 aliphatic heterocycles. The average molecular weight is 615 g/mol. The molecule has 43 heavy (non-hydrogen) atoms. The summed E-state index contributed by atoms with van der Waals surface area (Å²) in [6, 6.07) is 13.6. The van der Waals surface area contributed by atoms with E-state index in [2.05, 4.69) is 0 Å². The first-order valence-corrected chi connectivity index (χ1v) is 15.2. The Kier molecular flexibility index (Phi) is 10.3. The van der Waals surface area contributed by atoms with E-state index in [1.165, 1.54) is 10.0 Å². The number of benzene rings is 2. The van der Waals surface area contributed by atoms with Gasteiger partial charge in [-0.1, -0.05) is 47.5 Å². The molecule has 4 unspecified atom stereocenters. The van der Waals surface area contributed by atoms with Crippen LogP contribution in [0.15, 0.2) is 48.5 Å². The molecule has 0 saturated carbocycles. The van der Waals surface area contributed by atoms with Gasteiger partial charge in [-0.3, -0.25) is 5.01 Å². The highest BCUT2D eigenvalue weighted by atomic mass is 32.2. The lowest BCUT2D eigenvalue weighted by atomic mass is 9.83. The summed E-state index contributed by atoms with van der Waals surface area (Å²) >= 11 is 1.04. The first-order chi connectivity index (χ1) is 20.7. The summed E-state index contributed by atoms with van der Waals surface area (Å²) in [6.45, 7) is 10.7. The van der Waals surface area contributed by atoms with Crippen LogP contribution in [0.5, 0.6) is 0 Å². The molecule has 4 atom stereocenters. The Hall–Kier alpha value is -4.13. The molecular formula is C30H38N4O8S. The van der Waals surface area contributed by atoms with Gasteiger partial charge in [-0.05, 0) is 71.2 Å². The summed E-state index contributed by atoms with van der Waals surface area (Å²) in [7, 11) is 0. The van der Waals surface area contributed by atoms with Crippen molar-refractivity contribution >= 4 is 41.9 Å². The molecule has 0 bridgehead atoms. The number of hydrogen-bond acceptors (Lipinski definition) is 10. The van der Waals surface area contributed by atoms with Crippen LogP contribution in [0.2, 0.25) is 0 Å². The molecule has 232 valence electrons. The topological polar surface area (TPSA) is 118 Å². The fraction of sp³-hybridized carbons (Fsp3) is 0.467. The van der Waals surface area contributed by atoms with Crippen LogP contribution < -0.4 is 5.01 Å². The number of nitrogens with zero attached hydrogens (tertiary/aromatic N) is 4. The molecule has 2 aromatic rings. The fourth-order valence-electron chi connectivity index (χ4n) is 5.24. The van der Waals surface area contributed by atoms with E-state index in [9.17, 15) is 19.2 Å². The Morgan fingerprint density at radius 2 is 1.16 bits per heavy atom. The Morgan fingerprint density at radius 3 is 1.70 bits per heavy atom. The number of carbonyl (C=O) groups excluding carboxylic acids is 4. The first kappa shape index (κ1) is 31.8. The molecule has 2 aliphatic rings. The van der Waals surface area contributed by atoms with E-state index >= 15 is 0 Å². The average Bonchev–Trinajstić information content (AvgIpc) is 3.38. The maximum atomic E-state index is 13.9. The van der Waals surface area contributed by atoms with Gasteiger partial charge in [-0.15, -0.1) is 4.41 Å². The molecule has 0 radical (unpaired) electrons. The molecule has 13 heteroatoms. The predicted octanol–water partition coefficient (Wildman–Crippen LogP) is 5.40. The number of ether oxygens (including phenoxy) is 4. The Labute approximate surface area is 255 Å². The number of esters is 1. The van der Waals surface area contributed by atoms with E-state index < -0.39 is 47.6 Å². The predicted molar refractivity (Wildman–Crippen MR) is 160 cm³/mol. The van der Waals surface area contributed by atoms with Gasteiger partial charge in [0.2, 0.25) is 0 Å². The lowest BCUT2D eigenvalue weighted by molar-refractivity contribution is -0.152. The minimum atomic E-state index is -1.22. The van der Waals surface area contributed by atoms with Crippen LogP contribution in [0, 0.1) is 13.8 Å². The van der Waals surface area contributed by atoms with Gasteiger partial charge >= 0.3 is 24.2 Å². The third-order valence-corrected chi connectivity index (χ3v) is 8.33. The van der Waals surface area contributed by atoms with Gasteiger partial charge in [-0.2, -0.15) is 5.01 Å². The summed E-state index contributed by atoms with van der Waals surface area (Å²) in [5, 5.41) is 3.19. The zero-order valence-electron chi connectivity index (χ0n) is 25.2. The quantitative estimate of drug-likeness (QED) is 0.228. The van der Waals surface area contributed by atoms with Gasteiger partial charge in [0.15, 0.2) is 12.2 Å². The standard InChI is InChI=1S/C30H38N4O8S/c1-7-39-27(35)24-23(21-15-11-19(5)12-16-21)25-26(33(29(37)41-9-3)34(43-25)30(38)42-10-4)31(32(24)28(36)40-8-2)22-17-13-20(6)14-18-22/h11-18,23-26H,7-10H2,1-6H3. The maximum absolute atomic E-state index is 13.9. The second-order valence-corrected chi connectivity index (χ2v) is 11.0. The molecule has 0 aliphatic carbocycles. The number of fused-ring (bicyclic) bond motifs is 1. The first-order valence-electron chi connectivity index (χ1n) is 14.3. The van der Waals surface area contributed by atoms with Gasteiger partial charge in [0.1, 0.15) is 0 Å². The highest BCUT2D eigenvalue weighted by Crippen LogP contribution is 2.51. The van der Waals surface area contributed by atoms with Crippen LogP contribution in [-0.4, -0.2) is 82.6 Å². The Balaban J connectivity index is 2.04. The van der Waals surface area contributed by atoms with Crippen molar-refractivity contribution < 1.29 is 38.1 Å². The molecule has 3 amide bonds. The summed E-state index contributed by atoms with van der Waals surface area (Å²) in [5.74, 6) is -1.41. The van der Waals surface area contributed by atoms with Crippen LogP contribution in [-0.2, 0) is 23.7 Å². The lowest BCUT2D eigenvalue weighted by Gasteiger charge is -2.52. The van der Waals surface area contributed by atoms with E-state index in [-0.39, 0.29) is 26.4 Å². The number of aryl methyl sites for hydroxylation is 2. The number of rotatable bonds is 7. The smallest absolute Gasteiger partial charge is 0.439 e. The Bertz CT molecular complexity index is 1310. The summed E-state index contributed by atoms with van der Waals surface area (Å²) in [6.07, 6.45) is -3.47. The normalized spacial score (nSPS) is 21.3. The van der Waals surface area contributed by atoms with E-state index in [1.54, 1.807) is 39.8 Å². The zero-order chi connectivity index (χ0) is 31.3. The van der Waals surface area contributed by atoms with Gasteiger partial charge < -0.3 is 18.9 Å². The maximum Gasteiger partial charge on any atom is 0.439 e. The van der Waals surface area contributed by atoms with E-state index in [4.69, 9.17) is 18.9 Å². The van der Waals surface area contributed by atoms with Crippen molar-refractivity contribution in [2.75, 3.05) is 31.4 Å². The Morgan fingerprint density at radius 1 is 0.674 bits per heavy atom. The second kappa shape index (κ2) is 13.9. The van der Waals surface area contributed by atoms with Gasteiger partial charge in [0.05, 0.1) is 37.4 Å².